The van der Waals surface area contributed by atoms with Gasteiger partial charge in [-0.2, -0.15) is 0 Å². The first-order valence-electron chi connectivity index (χ1n) is 11.0. The van der Waals surface area contributed by atoms with Crippen molar-refractivity contribution in [1.29, 1.82) is 0 Å². The minimum Gasteiger partial charge on any atom is -0.478 e. The Bertz CT molecular complexity index is 704. The van der Waals surface area contributed by atoms with Gasteiger partial charge in [-0.1, -0.05) is 94.7 Å². The van der Waals surface area contributed by atoms with Crippen LogP contribution < -0.4 is 0 Å². The number of benzene rings is 1. The van der Waals surface area contributed by atoms with Crippen LogP contribution in [-0.2, 0) is 9.59 Å². The van der Waals surface area contributed by atoms with Gasteiger partial charge in [0.1, 0.15) is 0 Å². The lowest BCUT2D eigenvalue weighted by atomic mass is 9.93. The SMILES string of the molecule is C=C(CCC(CC)CCCC)C(=O)O.O=C(O)C(=CC=Cc1ccccc1)CCCO. The third-order valence-corrected chi connectivity index (χ3v) is 4.96. The molecule has 0 aliphatic heterocycles. The minimum atomic E-state index is -0.934. The van der Waals surface area contributed by atoms with Gasteiger partial charge in [-0.3, -0.25) is 0 Å². The predicted octanol–water partition coefficient (Wildman–Crippen LogP) is 6.11. The number of hydrogen-bond acceptors (Lipinski definition) is 3. The van der Waals surface area contributed by atoms with Crippen molar-refractivity contribution in [2.75, 3.05) is 6.61 Å². The molecule has 5 nitrogen and oxygen atoms in total. The lowest BCUT2D eigenvalue weighted by molar-refractivity contribution is -0.133. The van der Waals surface area contributed by atoms with Gasteiger partial charge in [0.25, 0.3) is 0 Å². The zero-order valence-corrected chi connectivity index (χ0v) is 18.9. The van der Waals surface area contributed by atoms with Crippen LogP contribution in [0.4, 0.5) is 0 Å². The van der Waals surface area contributed by atoms with E-state index in [4.69, 9.17) is 15.3 Å². The van der Waals surface area contributed by atoms with E-state index in [9.17, 15) is 9.59 Å². The smallest absolute Gasteiger partial charge is 0.331 e. The molecule has 3 N–H and O–H groups in total. The summed E-state index contributed by atoms with van der Waals surface area (Å²) in [5.41, 5.74) is 1.68. The third-order valence-electron chi connectivity index (χ3n) is 4.96. The van der Waals surface area contributed by atoms with E-state index >= 15 is 0 Å². The van der Waals surface area contributed by atoms with Gasteiger partial charge in [-0.15, -0.1) is 0 Å². The van der Waals surface area contributed by atoms with Crippen LogP contribution in [0.1, 0.15) is 70.8 Å². The molecule has 0 saturated carbocycles. The van der Waals surface area contributed by atoms with E-state index in [1.807, 2.05) is 36.4 Å². The fraction of sp³-hybridized carbons (Fsp3) is 0.462. The van der Waals surface area contributed by atoms with Crippen molar-refractivity contribution < 1.29 is 24.9 Å². The van der Waals surface area contributed by atoms with E-state index in [-0.39, 0.29) is 6.61 Å². The lowest BCUT2D eigenvalue weighted by Gasteiger charge is -2.13. The molecule has 31 heavy (non-hydrogen) atoms. The molecule has 0 aliphatic rings. The maximum absolute atomic E-state index is 10.9. The first-order chi connectivity index (χ1) is 14.8. The van der Waals surface area contributed by atoms with E-state index in [2.05, 4.69) is 20.4 Å². The van der Waals surface area contributed by atoms with Gasteiger partial charge >= 0.3 is 11.9 Å². The Morgan fingerprint density at radius 1 is 1.00 bits per heavy atom. The molecular weight excluding hydrogens is 392 g/mol. The molecule has 172 valence electrons. The van der Waals surface area contributed by atoms with E-state index in [1.165, 1.54) is 19.3 Å². The van der Waals surface area contributed by atoms with Crippen molar-refractivity contribution in [3.05, 3.63) is 65.8 Å². The van der Waals surface area contributed by atoms with Crippen molar-refractivity contribution in [2.45, 2.75) is 65.2 Å². The Hall–Kier alpha value is -2.66. The van der Waals surface area contributed by atoms with Crippen molar-refractivity contribution >= 4 is 18.0 Å². The Morgan fingerprint density at radius 3 is 2.19 bits per heavy atom. The highest BCUT2D eigenvalue weighted by Crippen LogP contribution is 2.20. The van der Waals surface area contributed by atoms with Gasteiger partial charge in [-0.05, 0) is 37.2 Å². The Labute approximate surface area is 186 Å². The van der Waals surface area contributed by atoms with Crippen LogP contribution in [0, 0.1) is 5.92 Å². The molecule has 0 radical (unpaired) electrons. The molecule has 1 aromatic carbocycles. The summed E-state index contributed by atoms with van der Waals surface area (Å²) in [7, 11) is 0. The average Bonchev–Trinajstić information content (AvgIpc) is 2.77. The Balaban J connectivity index is 0.000000594. The van der Waals surface area contributed by atoms with Gasteiger partial charge < -0.3 is 15.3 Å². The second-order valence-electron chi connectivity index (χ2n) is 7.46. The fourth-order valence-electron chi connectivity index (χ4n) is 2.90. The molecule has 0 saturated heterocycles. The molecule has 0 aromatic heterocycles. The molecule has 0 bridgehead atoms. The van der Waals surface area contributed by atoms with Crippen LogP contribution in [-0.4, -0.2) is 33.9 Å². The maximum Gasteiger partial charge on any atom is 0.331 e. The number of aliphatic carboxylic acids is 2. The zero-order chi connectivity index (χ0) is 23.5. The lowest BCUT2D eigenvalue weighted by Crippen LogP contribution is -2.04. The highest BCUT2D eigenvalue weighted by atomic mass is 16.4. The minimum absolute atomic E-state index is 0.00696. The monoisotopic (exact) mass is 430 g/mol. The standard InChI is InChI=1S/C14H16O3.C12H22O2/c15-11-5-10-13(14(16)17)9-4-8-12-6-2-1-3-7-12;1-4-6-7-11(5-2)9-8-10(3)12(13)14/h1-4,6-9,15H,5,10-11H2,(H,16,17);11H,3-9H2,1-2H3,(H,13,14). The zero-order valence-electron chi connectivity index (χ0n) is 18.9. The van der Waals surface area contributed by atoms with Gasteiger partial charge in [0, 0.05) is 17.8 Å². The van der Waals surface area contributed by atoms with Crippen LogP contribution in [0.2, 0.25) is 0 Å². The molecule has 0 heterocycles. The van der Waals surface area contributed by atoms with E-state index < -0.39 is 11.9 Å². The molecule has 1 rings (SSSR count). The summed E-state index contributed by atoms with van der Waals surface area (Å²) in [6.45, 7) is 7.90. The molecule has 5 heteroatoms. The van der Waals surface area contributed by atoms with Crippen molar-refractivity contribution in [3.8, 4) is 0 Å². The molecule has 1 unspecified atom stereocenters. The molecule has 1 aromatic rings. The number of carbonyl (C=O) groups is 2. The number of allylic oxidation sites excluding steroid dienone is 2. The number of rotatable bonds is 14. The van der Waals surface area contributed by atoms with Crippen LogP contribution in [0.3, 0.4) is 0 Å². The summed E-state index contributed by atoms with van der Waals surface area (Å²) in [6.07, 6.45) is 12.4. The molecular formula is C26H38O5. The van der Waals surface area contributed by atoms with Crippen molar-refractivity contribution in [2.24, 2.45) is 5.92 Å². The Kier molecular flexibility index (Phi) is 16.6. The van der Waals surface area contributed by atoms with Crippen molar-refractivity contribution in [1.82, 2.24) is 0 Å². The first-order valence-corrected chi connectivity index (χ1v) is 11.0. The van der Waals surface area contributed by atoms with E-state index in [0.717, 1.165) is 18.4 Å². The van der Waals surface area contributed by atoms with Gasteiger partial charge in [0.15, 0.2) is 0 Å². The summed E-state index contributed by atoms with van der Waals surface area (Å²) in [6, 6.07) is 9.66. The maximum atomic E-state index is 10.9. The van der Waals surface area contributed by atoms with E-state index in [1.54, 1.807) is 12.2 Å². The molecule has 0 amide bonds. The van der Waals surface area contributed by atoms with Gasteiger partial charge in [0.05, 0.1) is 0 Å². The summed E-state index contributed by atoms with van der Waals surface area (Å²) in [4.78, 5) is 21.4. The molecule has 1 atom stereocenters. The number of unbranched alkanes of at least 4 members (excludes halogenated alkanes) is 1. The highest BCUT2D eigenvalue weighted by molar-refractivity contribution is 5.87. The van der Waals surface area contributed by atoms with Crippen LogP contribution in [0.15, 0.2) is 60.2 Å². The Morgan fingerprint density at radius 2 is 1.68 bits per heavy atom. The van der Waals surface area contributed by atoms with Crippen molar-refractivity contribution in [3.63, 3.8) is 0 Å². The highest BCUT2D eigenvalue weighted by Gasteiger charge is 2.09. The summed E-state index contributed by atoms with van der Waals surface area (Å²) in [5.74, 6) is -1.11. The van der Waals surface area contributed by atoms with Crippen LogP contribution in [0.5, 0.6) is 0 Å². The quantitative estimate of drug-likeness (QED) is 0.245. The topological polar surface area (TPSA) is 94.8 Å². The summed E-state index contributed by atoms with van der Waals surface area (Å²) < 4.78 is 0. The molecule has 0 fully saturated rings. The number of carboxylic acid groups (broad SMARTS) is 2. The second-order valence-corrected chi connectivity index (χ2v) is 7.46. The number of carboxylic acids is 2. The first kappa shape index (κ1) is 28.3. The predicted molar refractivity (Wildman–Crippen MR) is 127 cm³/mol. The second kappa shape index (κ2) is 18.1. The molecule has 0 aliphatic carbocycles. The number of aliphatic hydroxyl groups is 1. The summed E-state index contributed by atoms with van der Waals surface area (Å²) >= 11 is 0. The van der Waals surface area contributed by atoms with Gasteiger partial charge in [0.2, 0.25) is 0 Å². The van der Waals surface area contributed by atoms with Crippen LogP contribution in [0.25, 0.3) is 6.08 Å². The normalized spacial score (nSPS) is 12.2. The number of aliphatic hydroxyl groups excluding tert-OH is 1. The summed E-state index contributed by atoms with van der Waals surface area (Å²) in [5, 5.41) is 26.2. The molecule has 0 spiro atoms. The largest absolute Gasteiger partial charge is 0.478 e. The fourth-order valence-corrected chi connectivity index (χ4v) is 2.90. The van der Waals surface area contributed by atoms with Gasteiger partial charge in [-0.25, -0.2) is 9.59 Å². The van der Waals surface area contributed by atoms with E-state index in [0.29, 0.717) is 36.3 Å². The average molecular weight is 431 g/mol. The number of hydrogen-bond donors (Lipinski definition) is 3. The third kappa shape index (κ3) is 14.9. The van der Waals surface area contributed by atoms with Crippen LogP contribution >= 0.6 is 0 Å².